The van der Waals surface area contributed by atoms with Gasteiger partial charge < -0.3 is 9.32 Å². The van der Waals surface area contributed by atoms with E-state index in [1.54, 1.807) is 0 Å². The topological polar surface area (TPSA) is 16.4 Å². The van der Waals surface area contributed by atoms with Crippen molar-refractivity contribution < 1.29 is 4.42 Å². The Morgan fingerprint density at radius 1 is 0.233 bits per heavy atom. The van der Waals surface area contributed by atoms with E-state index in [1.807, 2.05) is 6.07 Å². The summed E-state index contributed by atoms with van der Waals surface area (Å²) in [5.41, 5.74) is 16.7. The zero-order valence-corrected chi connectivity index (χ0v) is 32.9. The van der Waals surface area contributed by atoms with E-state index in [2.05, 4.69) is 235 Å². The lowest BCUT2D eigenvalue weighted by Crippen LogP contribution is -2.09. The first kappa shape index (κ1) is 35.2. The number of furan rings is 1. The second-order valence-corrected chi connectivity index (χ2v) is 15.3. The Balaban J connectivity index is 0.921. The number of para-hydroxylation sites is 2. The summed E-state index contributed by atoms with van der Waals surface area (Å²) < 4.78 is 6.72. The van der Waals surface area contributed by atoms with Crippen molar-refractivity contribution in [3.63, 3.8) is 0 Å². The van der Waals surface area contributed by atoms with Gasteiger partial charge in [0.1, 0.15) is 11.2 Å². The second kappa shape index (κ2) is 15.1. The number of hydrogen-bond acceptors (Lipinski definition) is 2. The first-order chi connectivity index (χ1) is 29.7. The molecule has 60 heavy (non-hydrogen) atoms. The van der Waals surface area contributed by atoms with E-state index in [4.69, 9.17) is 4.42 Å². The van der Waals surface area contributed by atoms with Gasteiger partial charge in [0, 0.05) is 39.0 Å². The number of benzene rings is 10. The summed E-state index contributed by atoms with van der Waals surface area (Å²) in [6.45, 7) is 0. The van der Waals surface area contributed by atoms with Crippen LogP contribution in [-0.2, 0) is 0 Å². The maximum atomic E-state index is 6.72. The van der Waals surface area contributed by atoms with Crippen LogP contribution in [0.15, 0.2) is 241 Å². The van der Waals surface area contributed by atoms with Gasteiger partial charge in [0.15, 0.2) is 0 Å². The lowest BCUT2D eigenvalue weighted by atomic mass is 9.97. The summed E-state index contributed by atoms with van der Waals surface area (Å²) in [5.74, 6) is 0. The molecule has 0 aliphatic carbocycles. The van der Waals surface area contributed by atoms with Gasteiger partial charge in [-0.2, -0.15) is 0 Å². The van der Waals surface area contributed by atoms with Gasteiger partial charge in [0.05, 0.1) is 0 Å². The maximum absolute atomic E-state index is 6.72. The predicted octanol–water partition coefficient (Wildman–Crippen LogP) is 16.5. The number of hydrogen-bond donors (Lipinski definition) is 0. The van der Waals surface area contributed by atoms with E-state index < -0.39 is 0 Å². The van der Waals surface area contributed by atoms with Crippen molar-refractivity contribution >= 4 is 49.8 Å². The van der Waals surface area contributed by atoms with E-state index in [0.717, 1.165) is 72.4 Å². The Morgan fingerprint density at radius 3 is 1.12 bits per heavy atom. The second-order valence-electron chi connectivity index (χ2n) is 15.3. The molecule has 0 spiro atoms. The Hall–Kier alpha value is -7.94. The van der Waals surface area contributed by atoms with Crippen molar-refractivity contribution in [2.24, 2.45) is 0 Å². The van der Waals surface area contributed by atoms with E-state index in [0.29, 0.717) is 0 Å². The summed E-state index contributed by atoms with van der Waals surface area (Å²) >= 11 is 0. The molecule has 0 aliphatic heterocycles. The summed E-state index contributed by atoms with van der Waals surface area (Å²) in [6, 6.07) is 84.6. The Labute approximate surface area is 349 Å². The normalized spacial score (nSPS) is 11.3. The minimum absolute atomic E-state index is 0.912. The van der Waals surface area contributed by atoms with E-state index in [-0.39, 0.29) is 0 Å². The SMILES string of the molecule is c1ccc(-c2ccc(N(c3ccc(-c4ccc(-c5cccc6c5oc5c(-c7ccccc7)cccc56)cc4)cc3)c3ccc(-c4cccc5ccccc45)cc3)cc2)cc1. The third-order valence-corrected chi connectivity index (χ3v) is 11.7. The number of anilines is 3. The van der Waals surface area contributed by atoms with Crippen LogP contribution in [0.4, 0.5) is 17.1 Å². The highest BCUT2D eigenvalue weighted by atomic mass is 16.3. The highest BCUT2D eigenvalue weighted by Crippen LogP contribution is 2.41. The van der Waals surface area contributed by atoms with Crippen molar-refractivity contribution in [3.8, 4) is 55.6 Å². The van der Waals surface area contributed by atoms with Crippen LogP contribution >= 0.6 is 0 Å². The molecule has 11 aromatic rings. The molecule has 0 saturated heterocycles. The molecule has 0 bridgehead atoms. The number of rotatable bonds is 8. The van der Waals surface area contributed by atoms with Crippen molar-refractivity contribution in [3.05, 3.63) is 237 Å². The average molecular weight is 766 g/mol. The van der Waals surface area contributed by atoms with Crippen LogP contribution in [0.1, 0.15) is 0 Å². The van der Waals surface area contributed by atoms with Gasteiger partial charge in [-0.15, -0.1) is 0 Å². The van der Waals surface area contributed by atoms with Gasteiger partial charge in [-0.05, 0) is 91.7 Å². The minimum atomic E-state index is 0.912. The van der Waals surface area contributed by atoms with Crippen molar-refractivity contribution in [2.75, 3.05) is 4.90 Å². The standard InChI is InChI=1S/C58H39NO/c1-3-12-40(13-4-1)42-28-34-48(35-29-42)59(50-38-32-46(33-39-50)52-19-9-17-44-16-7-8-18-51(44)52)49-36-30-43(31-37-49)41-24-26-47(27-25-41)54-21-11-23-56-55-22-10-20-53(57(55)60-58(54)56)45-14-5-2-6-15-45/h1-39H. The molecule has 1 heterocycles. The quantitative estimate of drug-likeness (QED) is 0.153. The summed E-state index contributed by atoms with van der Waals surface area (Å²) in [6.07, 6.45) is 0. The Kier molecular flexibility index (Phi) is 8.87. The van der Waals surface area contributed by atoms with Crippen molar-refractivity contribution in [1.29, 1.82) is 0 Å². The minimum Gasteiger partial charge on any atom is -0.455 e. The van der Waals surface area contributed by atoms with Gasteiger partial charge in [-0.1, -0.05) is 200 Å². The summed E-state index contributed by atoms with van der Waals surface area (Å²) in [4.78, 5) is 2.34. The third kappa shape index (κ3) is 6.41. The van der Waals surface area contributed by atoms with Gasteiger partial charge in [0.2, 0.25) is 0 Å². The van der Waals surface area contributed by atoms with Crippen LogP contribution < -0.4 is 4.90 Å². The summed E-state index contributed by atoms with van der Waals surface area (Å²) in [7, 11) is 0. The number of fused-ring (bicyclic) bond motifs is 4. The molecular formula is C58H39NO. The maximum Gasteiger partial charge on any atom is 0.143 e. The first-order valence-electron chi connectivity index (χ1n) is 20.5. The van der Waals surface area contributed by atoms with Crippen molar-refractivity contribution in [1.82, 2.24) is 0 Å². The van der Waals surface area contributed by atoms with Crippen LogP contribution in [-0.4, -0.2) is 0 Å². The van der Waals surface area contributed by atoms with Crippen molar-refractivity contribution in [2.45, 2.75) is 0 Å². The molecule has 0 saturated carbocycles. The smallest absolute Gasteiger partial charge is 0.143 e. The molecule has 1 aromatic heterocycles. The van der Waals surface area contributed by atoms with Crippen LogP contribution in [0.2, 0.25) is 0 Å². The van der Waals surface area contributed by atoms with Gasteiger partial charge in [0.25, 0.3) is 0 Å². The molecule has 282 valence electrons. The third-order valence-electron chi connectivity index (χ3n) is 11.7. The largest absolute Gasteiger partial charge is 0.455 e. The van der Waals surface area contributed by atoms with Gasteiger partial charge in [-0.3, -0.25) is 0 Å². The molecule has 2 heteroatoms. The highest BCUT2D eigenvalue weighted by Gasteiger charge is 2.17. The fourth-order valence-corrected chi connectivity index (χ4v) is 8.69. The fraction of sp³-hybridized carbons (Fsp3) is 0. The summed E-state index contributed by atoms with van der Waals surface area (Å²) in [5, 5.41) is 4.76. The molecular weight excluding hydrogens is 727 g/mol. The van der Waals surface area contributed by atoms with E-state index in [9.17, 15) is 0 Å². The molecule has 0 unspecified atom stereocenters. The van der Waals surface area contributed by atoms with Gasteiger partial charge >= 0.3 is 0 Å². The molecule has 0 amide bonds. The first-order valence-corrected chi connectivity index (χ1v) is 20.5. The Morgan fingerprint density at radius 2 is 0.567 bits per heavy atom. The number of nitrogens with zero attached hydrogens (tertiary/aromatic N) is 1. The lowest BCUT2D eigenvalue weighted by molar-refractivity contribution is 0.671. The predicted molar refractivity (Wildman–Crippen MR) is 253 cm³/mol. The zero-order valence-electron chi connectivity index (χ0n) is 32.9. The average Bonchev–Trinajstić information content (AvgIpc) is 3.72. The Bertz CT molecular complexity index is 3250. The van der Waals surface area contributed by atoms with Crippen LogP contribution in [0.3, 0.4) is 0 Å². The molecule has 2 nitrogen and oxygen atoms in total. The van der Waals surface area contributed by atoms with E-state index in [1.165, 1.54) is 33.0 Å². The molecule has 11 rings (SSSR count). The molecule has 0 radical (unpaired) electrons. The fourth-order valence-electron chi connectivity index (χ4n) is 8.69. The van der Waals surface area contributed by atoms with Crippen LogP contribution in [0.5, 0.6) is 0 Å². The molecule has 0 fully saturated rings. The lowest BCUT2D eigenvalue weighted by Gasteiger charge is -2.26. The monoisotopic (exact) mass is 765 g/mol. The molecule has 0 atom stereocenters. The molecule has 10 aromatic carbocycles. The molecule has 0 N–H and O–H groups in total. The molecule has 0 aliphatic rings. The van der Waals surface area contributed by atoms with Gasteiger partial charge in [-0.25, -0.2) is 0 Å². The van der Waals surface area contributed by atoms with Crippen LogP contribution in [0, 0.1) is 0 Å². The highest BCUT2D eigenvalue weighted by molar-refractivity contribution is 6.13. The van der Waals surface area contributed by atoms with E-state index >= 15 is 0 Å². The van der Waals surface area contributed by atoms with Crippen LogP contribution in [0.25, 0.3) is 88.3 Å². The zero-order chi connectivity index (χ0) is 39.8.